The van der Waals surface area contributed by atoms with Gasteiger partial charge in [-0.3, -0.25) is 9.52 Å². The molecule has 0 unspecified atom stereocenters. The Morgan fingerprint density at radius 3 is 2.28 bits per heavy atom. The first kappa shape index (κ1) is 19.0. The van der Waals surface area contributed by atoms with E-state index >= 15 is 0 Å². The number of hydrogen-bond donors (Lipinski definition) is 2. The Morgan fingerprint density at radius 1 is 1.04 bits per heavy atom. The monoisotopic (exact) mass is 360 g/mol. The number of rotatable bonds is 8. The van der Waals surface area contributed by atoms with Crippen LogP contribution < -0.4 is 10.0 Å². The highest BCUT2D eigenvalue weighted by atomic mass is 32.2. The van der Waals surface area contributed by atoms with Gasteiger partial charge >= 0.3 is 0 Å². The minimum atomic E-state index is -3.31. The predicted octanol–water partition coefficient (Wildman–Crippen LogP) is 3.20. The van der Waals surface area contributed by atoms with E-state index in [2.05, 4.69) is 22.2 Å². The van der Waals surface area contributed by atoms with Crippen molar-refractivity contribution in [3.8, 4) is 0 Å². The highest BCUT2D eigenvalue weighted by molar-refractivity contribution is 7.92. The van der Waals surface area contributed by atoms with Crippen molar-refractivity contribution in [2.75, 3.05) is 10.5 Å². The number of benzene rings is 2. The van der Waals surface area contributed by atoms with E-state index in [1.165, 1.54) is 5.56 Å². The van der Waals surface area contributed by atoms with Crippen LogP contribution in [0.5, 0.6) is 0 Å². The van der Waals surface area contributed by atoms with Crippen LogP contribution in [0.2, 0.25) is 0 Å². The molecule has 1 amide bonds. The van der Waals surface area contributed by atoms with E-state index in [1.807, 2.05) is 25.1 Å². The van der Waals surface area contributed by atoms with E-state index in [1.54, 1.807) is 31.2 Å². The maximum absolute atomic E-state index is 12.3. The Hall–Kier alpha value is -2.34. The lowest BCUT2D eigenvalue weighted by Gasteiger charge is -2.14. The van der Waals surface area contributed by atoms with Gasteiger partial charge in [-0.25, -0.2) is 8.42 Å². The Kier molecular flexibility index (Phi) is 6.58. The van der Waals surface area contributed by atoms with Crippen molar-refractivity contribution < 1.29 is 13.2 Å². The van der Waals surface area contributed by atoms with E-state index in [0.717, 1.165) is 12.8 Å². The van der Waals surface area contributed by atoms with Crippen LogP contribution in [0, 0.1) is 0 Å². The lowest BCUT2D eigenvalue weighted by atomic mass is 10.1. The third-order valence-corrected chi connectivity index (χ3v) is 5.19. The Labute approximate surface area is 149 Å². The normalized spacial score (nSPS) is 12.4. The van der Waals surface area contributed by atoms with Gasteiger partial charge in [0.25, 0.3) is 5.91 Å². The minimum Gasteiger partial charge on any atom is -0.350 e. The molecule has 0 bridgehead atoms. The zero-order valence-corrected chi connectivity index (χ0v) is 15.3. The summed E-state index contributed by atoms with van der Waals surface area (Å²) < 4.78 is 25.5. The first-order valence-corrected chi connectivity index (χ1v) is 10.00. The van der Waals surface area contributed by atoms with Crippen LogP contribution >= 0.6 is 0 Å². The van der Waals surface area contributed by atoms with Crippen LogP contribution in [0.4, 0.5) is 5.69 Å². The van der Waals surface area contributed by atoms with Crippen molar-refractivity contribution in [2.45, 2.75) is 32.7 Å². The molecule has 0 aliphatic carbocycles. The number of carbonyl (C=O) groups is 1. The summed E-state index contributed by atoms with van der Waals surface area (Å²) in [6, 6.07) is 16.6. The molecular formula is C19H24N2O3S. The van der Waals surface area contributed by atoms with Gasteiger partial charge in [0.1, 0.15) is 0 Å². The molecule has 6 heteroatoms. The summed E-state index contributed by atoms with van der Waals surface area (Å²) in [5, 5.41) is 2.97. The van der Waals surface area contributed by atoms with E-state index in [-0.39, 0.29) is 17.7 Å². The van der Waals surface area contributed by atoms with Crippen LogP contribution in [0.25, 0.3) is 0 Å². The molecule has 2 N–H and O–H groups in total. The summed E-state index contributed by atoms with van der Waals surface area (Å²) in [6.07, 6.45) is 1.75. The van der Waals surface area contributed by atoms with Crippen LogP contribution in [0.1, 0.15) is 36.2 Å². The molecule has 1 atom stereocenters. The third-order valence-electron chi connectivity index (χ3n) is 3.89. The van der Waals surface area contributed by atoms with Gasteiger partial charge in [-0.05, 0) is 56.5 Å². The van der Waals surface area contributed by atoms with Gasteiger partial charge in [0, 0.05) is 17.3 Å². The second kappa shape index (κ2) is 8.67. The molecule has 0 spiro atoms. The summed E-state index contributed by atoms with van der Waals surface area (Å²) >= 11 is 0. The Bertz CT molecular complexity index is 787. The van der Waals surface area contributed by atoms with Gasteiger partial charge in [0.2, 0.25) is 10.0 Å². The largest absolute Gasteiger partial charge is 0.350 e. The first-order chi connectivity index (χ1) is 11.9. The van der Waals surface area contributed by atoms with Crippen molar-refractivity contribution in [3.05, 3.63) is 65.7 Å². The molecule has 2 aromatic rings. The van der Waals surface area contributed by atoms with Crippen molar-refractivity contribution >= 4 is 21.6 Å². The number of hydrogen-bond acceptors (Lipinski definition) is 3. The van der Waals surface area contributed by atoms with Crippen LogP contribution in [0.3, 0.4) is 0 Å². The summed E-state index contributed by atoms with van der Waals surface area (Å²) in [4.78, 5) is 12.3. The molecule has 0 aromatic heterocycles. The molecule has 5 nitrogen and oxygen atoms in total. The van der Waals surface area contributed by atoms with E-state index in [4.69, 9.17) is 0 Å². The number of carbonyl (C=O) groups excluding carboxylic acids is 1. The van der Waals surface area contributed by atoms with Gasteiger partial charge in [-0.1, -0.05) is 30.3 Å². The number of anilines is 1. The van der Waals surface area contributed by atoms with Gasteiger partial charge in [0.05, 0.1) is 5.75 Å². The van der Waals surface area contributed by atoms with Crippen LogP contribution in [-0.2, 0) is 16.4 Å². The van der Waals surface area contributed by atoms with E-state index in [0.29, 0.717) is 11.3 Å². The van der Waals surface area contributed by atoms with E-state index in [9.17, 15) is 13.2 Å². The molecule has 0 fully saturated rings. The lowest BCUT2D eigenvalue weighted by Crippen LogP contribution is -2.32. The van der Waals surface area contributed by atoms with Crippen molar-refractivity contribution in [1.82, 2.24) is 5.32 Å². The van der Waals surface area contributed by atoms with Crippen molar-refractivity contribution in [3.63, 3.8) is 0 Å². The van der Waals surface area contributed by atoms with Gasteiger partial charge < -0.3 is 5.32 Å². The highest BCUT2D eigenvalue weighted by Gasteiger charge is 2.11. The summed E-state index contributed by atoms with van der Waals surface area (Å²) in [6.45, 7) is 3.55. The maximum Gasteiger partial charge on any atom is 0.251 e. The zero-order valence-electron chi connectivity index (χ0n) is 14.5. The second-order valence-electron chi connectivity index (χ2n) is 5.98. The predicted molar refractivity (Wildman–Crippen MR) is 101 cm³/mol. The third kappa shape index (κ3) is 6.23. The number of sulfonamides is 1. The number of aryl methyl sites for hydroxylation is 1. The van der Waals surface area contributed by atoms with Crippen molar-refractivity contribution in [1.29, 1.82) is 0 Å². The Balaban J connectivity index is 1.87. The molecule has 0 saturated carbocycles. The quantitative estimate of drug-likeness (QED) is 0.759. The average Bonchev–Trinajstić information content (AvgIpc) is 2.61. The maximum atomic E-state index is 12.3. The van der Waals surface area contributed by atoms with Gasteiger partial charge in [-0.15, -0.1) is 0 Å². The average molecular weight is 360 g/mol. The second-order valence-corrected chi connectivity index (χ2v) is 7.99. The molecule has 134 valence electrons. The van der Waals surface area contributed by atoms with Crippen LogP contribution in [0.15, 0.2) is 54.6 Å². The fourth-order valence-corrected chi connectivity index (χ4v) is 2.99. The fourth-order valence-electron chi connectivity index (χ4n) is 2.35. The summed E-state index contributed by atoms with van der Waals surface area (Å²) in [7, 11) is -3.31. The standard InChI is InChI=1S/C19H24N2O3S/c1-3-25(23,24)21-18-13-11-17(12-14-18)19(22)20-15(2)9-10-16-7-5-4-6-8-16/h4-8,11-15,21H,3,9-10H2,1-2H3,(H,20,22)/t15-/m0/s1. The molecule has 0 aliphatic heterocycles. The Morgan fingerprint density at radius 2 is 1.68 bits per heavy atom. The van der Waals surface area contributed by atoms with Crippen molar-refractivity contribution in [2.24, 2.45) is 0 Å². The number of amides is 1. The lowest BCUT2D eigenvalue weighted by molar-refractivity contribution is 0.0938. The minimum absolute atomic E-state index is 0.00810. The molecule has 0 heterocycles. The topological polar surface area (TPSA) is 75.3 Å². The first-order valence-electron chi connectivity index (χ1n) is 8.35. The highest BCUT2D eigenvalue weighted by Crippen LogP contribution is 2.12. The van der Waals surface area contributed by atoms with Gasteiger partial charge in [0.15, 0.2) is 0 Å². The molecule has 0 saturated heterocycles. The molecule has 25 heavy (non-hydrogen) atoms. The molecule has 0 aliphatic rings. The molecule has 2 aromatic carbocycles. The molecule has 2 rings (SSSR count). The van der Waals surface area contributed by atoms with E-state index < -0.39 is 10.0 Å². The fraction of sp³-hybridized carbons (Fsp3) is 0.316. The number of nitrogens with one attached hydrogen (secondary N) is 2. The zero-order chi connectivity index (χ0) is 18.3. The SMILES string of the molecule is CCS(=O)(=O)Nc1ccc(C(=O)N[C@@H](C)CCc2ccccc2)cc1. The summed E-state index contributed by atoms with van der Waals surface area (Å²) in [5.41, 5.74) is 2.21. The smallest absolute Gasteiger partial charge is 0.251 e. The van der Waals surface area contributed by atoms with Crippen LogP contribution in [-0.4, -0.2) is 26.1 Å². The summed E-state index contributed by atoms with van der Waals surface area (Å²) in [5.74, 6) is -0.154. The molecular weight excluding hydrogens is 336 g/mol. The molecule has 0 radical (unpaired) electrons. The van der Waals surface area contributed by atoms with Gasteiger partial charge in [-0.2, -0.15) is 0 Å².